The van der Waals surface area contributed by atoms with E-state index < -0.39 is 6.04 Å². The molecule has 4 aromatic rings. The molecular weight excluding hydrogens is 476 g/mol. The van der Waals surface area contributed by atoms with Crippen molar-refractivity contribution in [2.75, 3.05) is 23.5 Å². The topological polar surface area (TPSA) is 105 Å². The van der Waals surface area contributed by atoms with Gasteiger partial charge in [0.25, 0.3) is 0 Å². The molecule has 7 nitrogen and oxygen atoms in total. The summed E-state index contributed by atoms with van der Waals surface area (Å²) in [5, 5.41) is 9.11. The SMILES string of the molecule is COc1ccc(NC(C(=O)NCc2ccccc2)c2ccc(/C=C/C(=O)Nc3ccccc3N)cc2)cc1. The molecule has 192 valence electrons. The molecular formula is C31H30N4O3. The summed E-state index contributed by atoms with van der Waals surface area (Å²) in [7, 11) is 1.61. The Morgan fingerprint density at radius 3 is 2.24 bits per heavy atom. The van der Waals surface area contributed by atoms with Crippen LogP contribution < -0.4 is 26.4 Å². The van der Waals surface area contributed by atoms with E-state index in [1.807, 2.05) is 78.9 Å². The molecule has 7 heteroatoms. The van der Waals surface area contributed by atoms with Crippen molar-refractivity contribution in [3.63, 3.8) is 0 Å². The highest BCUT2D eigenvalue weighted by Crippen LogP contribution is 2.23. The van der Waals surface area contributed by atoms with Crippen molar-refractivity contribution in [1.82, 2.24) is 5.32 Å². The number of ether oxygens (including phenoxy) is 1. The van der Waals surface area contributed by atoms with E-state index >= 15 is 0 Å². The van der Waals surface area contributed by atoms with Crippen LogP contribution in [0.15, 0.2) is 109 Å². The maximum Gasteiger partial charge on any atom is 0.248 e. The van der Waals surface area contributed by atoms with Gasteiger partial charge in [-0.1, -0.05) is 66.7 Å². The highest BCUT2D eigenvalue weighted by Gasteiger charge is 2.20. The molecule has 1 unspecified atom stereocenters. The minimum Gasteiger partial charge on any atom is -0.497 e. The largest absolute Gasteiger partial charge is 0.497 e. The van der Waals surface area contributed by atoms with E-state index in [1.54, 1.807) is 37.5 Å². The van der Waals surface area contributed by atoms with Crippen LogP contribution in [0, 0.1) is 0 Å². The Hall–Kier alpha value is -5.04. The van der Waals surface area contributed by atoms with Crippen LogP contribution in [0.1, 0.15) is 22.7 Å². The highest BCUT2D eigenvalue weighted by atomic mass is 16.5. The van der Waals surface area contributed by atoms with Crippen molar-refractivity contribution in [2.24, 2.45) is 0 Å². The minimum atomic E-state index is -0.630. The van der Waals surface area contributed by atoms with Crippen molar-refractivity contribution >= 4 is 35.0 Å². The van der Waals surface area contributed by atoms with Gasteiger partial charge >= 0.3 is 0 Å². The lowest BCUT2D eigenvalue weighted by Gasteiger charge is -2.20. The minimum absolute atomic E-state index is 0.159. The van der Waals surface area contributed by atoms with Gasteiger partial charge < -0.3 is 26.4 Å². The molecule has 4 rings (SSSR count). The molecule has 0 aliphatic carbocycles. The summed E-state index contributed by atoms with van der Waals surface area (Å²) < 4.78 is 5.24. The number of nitrogens with two attached hydrogens (primary N) is 1. The third-order valence-electron chi connectivity index (χ3n) is 5.89. The number of amides is 2. The van der Waals surface area contributed by atoms with Crippen molar-refractivity contribution < 1.29 is 14.3 Å². The lowest BCUT2D eigenvalue weighted by Crippen LogP contribution is -2.33. The monoisotopic (exact) mass is 506 g/mol. The lowest BCUT2D eigenvalue weighted by molar-refractivity contribution is -0.122. The third-order valence-corrected chi connectivity index (χ3v) is 5.89. The number of methoxy groups -OCH3 is 1. The molecule has 0 bridgehead atoms. The molecule has 38 heavy (non-hydrogen) atoms. The van der Waals surface area contributed by atoms with Crippen LogP contribution in [0.2, 0.25) is 0 Å². The van der Waals surface area contributed by atoms with Crippen LogP contribution in [0.3, 0.4) is 0 Å². The van der Waals surface area contributed by atoms with Crippen molar-refractivity contribution in [2.45, 2.75) is 12.6 Å². The lowest BCUT2D eigenvalue weighted by atomic mass is 10.0. The first-order valence-corrected chi connectivity index (χ1v) is 12.2. The Morgan fingerprint density at radius 1 is 0.868 bits per heavy atom. The van der Waals surface area contributed by atoms with Gasteiger partial charge in [0, 0.05) is 18.3 Å². The zero-order chi connectivity index (χ0) is 26.7. The predicted octanol–water partition coefficient (Wildman–Crippen LogP) is 5.40. The molecule has 0 heterocycles. The quantitative estimate of drug-likeness (QED) is 0.170. The van der Waals surface area contributed by atoms with Crippen LogP contribution in [0.5, 0.6) is 5.75 Å². The van der Waals surface area contributed by atoms with E-state index in [9.17, 15) is 9.59 Å². The van der Waals surface area contributed by atoms with Gasteiger partial charge in [0.15, 0.2) is 0 Å². The molecule has 0 aliphatic rings. The number of hydrogen-bond donors (Lipinski definition) is 4. The molecule has 0 saturated heterocycles. The third kappa shape index (κ3) is 7.24. The van der Waals surface area contributed by atoms with E-state index in [4.69, 9.17) is 10.5 Å². The Balaban J connectivity index is 1.47. The second-order valence-corrected chi connectivity index (χ2v) is 8.59. The van der Waals surface area contributed by atoms with Crippen LogP contribution in [0.4, 0.5) is 17.1 Å². The number of hydrogen-bond acceptors (Lipinski definition) is 5. The summed E-state index contributed by atoms with van der Waals surface area (Å²) in [6.45, 7) is 0.419. The zero-order valence-electron chi connectivity index (χ0n) is 21.1. The Labute approximate surface area is 222 Å². The maximum absolute atomic E-state index is 13.3. The average molecular weight is 507 g/mol. The highest BCUT2D eigenvalue weighted by molar-refractivity contribution is 6.03. The standard InChI is InChI=1S/C31H30N4O3/c1-38-26-18-16-25(17-19-26)34-30(31(37)33-21-23-7-3-2-4-8-23)24-14-11-22(12-15-24)13-20-29(36)35-28-10-6-5-9-27(28)32/h2-20,30,34H,21,32H2,1H3,(H,33,37)(H,35,36)/b20-13+. The van der Waals surface area contributed by atoms with E-state index in [0.717, 1.165) is 28.1 Å². The summed E-state index contributed by atoms with van der Waals surface area (Å²) in [4.78, 5) is 25.6. The normalized spacial score (nSPS) is 11.5. The van der Waals surface area contributed by atoms with Crippen LogP contribution in [-0.2, 0) is 16.1 Å². The predicted molar refractivity (Wildman–Crippen MR) is 153 cm³/mol. The fourth-order valence-corrected chi connectivity index (χ4v) is 3.80. The Kier molecular flexibility index (Phi) is 8.76. The van der Waals surface area contributed by atoms with Gasteiger partial charge in [0.1, 0.15) is 11.8 Å². The fraction of sp³-hybridized carbons (Fsp3) is 0.0968. The number of carbonyl (C=O) groups is 2. The molecule has 0 saturated carbocycles. The van der Waals surface area contributed by atoms with E-state index in [-0.39, 0.29) is 11.8 Å². The van der Waals surface area contributed by atoms with Crippen molar-refractivity contribution in [3.8, 4) is 5.75 Å². The number of nitrogen functional groups attached to an aromatic ring is 1. The molecule has 2 amide bonds. The smallest absolute Gasteiger partial charge is 0.248 e. The number of carbonyl (C=O) groups excluding carboxylic acids is 2. The van der Waals surface area contributed by atoms with Gasteiger partial charge in [-0.25, -0.2) is 0 Å². The zero-order valence-corrected chi connectivity index (χ0v) is 21.1. The first kappa shape index (κ1) is 26.0. The number of rotatable bonds is 10. The van der Waals surface area contributed by atoms with Gasteiger partial charge in [0.2, 0.25) is 11.8 Å². The summed E-state index contributed by atoms with van der Waals surface area (Å²) >= 11 is 0. The van der Waals surface area contributed by atoms with Gasteiger partial charge in [-0.15, -0.1) is 0 Å². The maximum atomic E-state index is 13.3. The summed E-state index contributed by atoms with van der Waals surface area (Å²) in [6, 6.07) is 31.1. The average Bonchev–Trinajstić information content (AvgIpc) is 2.96. The number of anilines is 3. The molecule has 4 aromatic carbocycles. The summed E-state index contributed by atoms with van der Waals surface area (Å²) in [5.74, 6) is 0.287. The molecule has 5 N–H and O–H groups in total. The second-order valence-electron chi connectivity index (χ2n) is 8.59. The van der Waals surface area contributed by atoms with Crippen LogP contribution in [-0.4, -0.2) is 18.9 Å². The Bertz CT molecular complexity index is 1390. The summed E-state index contributed by atoms with van der Waals surface area (Å²) in [6.07, 6.45) is 3.15. The van der Waals surface area contributed by atoms with Crippen molar-refractivity contribution in [3.05, 3.63) is 126 Å². The fourth-order valence-electron chi connectivity index (χ4n) is 3.80. The number of para-hydroxylation sites is 2. The van der Waals surface area contributed by atoms with E-state index in [1.165, 1.54) is 6.08 Å². The first-order valence-electron chi connectivity index (χ1n) is 12.2. The molecule has 0 aliphatic heterocycles. The molecule has 0 fully saturated rings. The molecule has 0 radical (unpaired) electrons. The van der Waals surface area contributed by atoms with Crippen LogP contribution in [0.25, 0.3) is 6.08 Å². The molecule has 1 atom stereocenters. The van der Waals surface area contributed by atoms with Gasteiger partial charge in [-0.05, 0) is 59.2 Å². The van der Waals surface area contributed by atoms with E-state index in [0.29, 0.717) is 17.9 Å². The first-order chi connectivity index (χ1) is 18.5. The van der Waals surface area contributed by atoms with Gasteiger partial charge in [0.05, 0.1) is 18.5 Å². The van der Waals surface area contributed by atoms with E-state index in [2.05, 4.69) is 16.0 Å². The second kappa shape index (κ2) is 12.8. The molecule has 0 aromatic heterocycles. The number of nitrogens with one attached hydrogen (secondary N) is 3. The number of benzene rings is 4. The van der Waals surface area contributed by atoms with Crippen molar-refractivity contribution in [1.29, 1.82) is 0 Å². The Morgan fingerprint density at radius 2 is 1.55 bits per heavy atom. The summed E-state index contributed by atoms with van der Waals surface area (Å²) in [5.41, 5.74) is 10.3. The van der Waals surface area contributed by atoms with Crippen LogP contribution >= 0.6 is 0 Å². The molecule has 0 spiro atoms. The van der Waals surface area contributed by atoms with Gasteiger partial charge in [-0.2, -0.15) is 0 Å². The van der Waals surface area contributed by atoms with Gasteiger partial charge in [-0.3, -0.25) is 9.59 Å².